The summed E-state index contributed by atoms with van der Waals surface area (Å²) in [7, 11) is 0. The van der Waals surface area contributed by atoms with Gasteiger partial charge in [0.25, 0.3) is 0 Å². The molecule has 0 atom stereocenters. The summed E-state index contributed by atoms with van der Waals surface area (Å²) in [6.07, 6.45) is 10.2. The van der Waals surface area contributed by atoms with Gasteiger partial charge in [0, 0.05) is 39.5 Å². The van der Waals surface area contributed by atoms with E-state index in [1.54, 1.807) is 0 Å². The lowest BCUT2D eigenvalue weighted by molar-refractivity contribution is 0.352. The zero-order chi connectivity index (χ0) is 31.0. The first-order chi connectivity index (χ1) is 23.3. The van der Waals surface area contributed by atoms with Crippen molar-refractivity contribution in [2.75, 3.05) is 0 Å². The molecule has 1 spiro atoms. The van der Waals surface area contributed by atoms with Crippen molar-refractivity contribution in [2.24, 2.45) is 0 Å². The van der Waals surface area contributed by atoms with E-state index >= 15 is 0 Å². The van der Waals surface area contributed by atoms with Crippen molar-refractivity contribution >= 4 is 43.1 Å². The molecule has 224 valence electrons. The van der Waals surface area contributed by atoms with Gasteiger partial charge in [-0.2, -0.15) is 0 Å². The number of benzene rings is 7. The number of ether oxygens (including phenoxy) is 1. The SMILES string of the molecule is c1ccc2c(c1)-c1c(Oc3c4ccccc4c(-c4cc5ccccc5c5ccccc45)c4cnccc34)cccc1C21CCCCC1. The van der Waals surface area contributed by atoms with E-state index in [1.807, 2.05) is 12.4 Å². The molecule has 0 radical (unpaired) electrons. The van der Waals surface area contributed by atoms with Gasteiger partial charge in [-0.1, -0.05) is 128 Å². The average molecular weight is 604 g/mol. The van der Waals surface area contributed by atoms with Crippen LogP contribution < -0.4 is 4.74 Å². The molecule has 1 heterocycles. The van der Waals surface area contributed by atoms with Gasteiger partial charge in [0.05, 0.1) is 0 Å². The molecule has 10 rings (SSSR count). The second-order valence-electron chi connectivity index (χ2n) is 13.3. The van der Waals surface area contributed by atoms with Crippen molar-refractivity contribution in [1.29, 1.82) is 0 Å². The first kappa shape index (κ1) is 26.7. The highest BCUT2D eigenvalue weighted by atomic mass is 16.5. The van der Waals surface area contributed by atoms with Gasteiger partial charge in [-0.25, -0.2) is 0 Å². The molecule has 0 N–H and O–H groups in total. The van der Waals surface area contributed by atoms with Gasteiger partial charge in [-0.3, -0.25) is 4.98 Å². The Morgan fingerprint density at radius 1 is 0.489 bits per heavy atom. The number of hydrogen-bond acceptors (Lipinski definition) is 2. The van der Waals surface area contributed by atoms with Crippen LogP contribution >= 0.6 is 0 Å². The van der Waals surface area contributed by atoms with Crippen LogP contribution in [0.5, 0.6) is 11.5 Å². The number of fused-ring (bicyclic) bond motifs is 10. The predicted molar refractivity (Wildman–Crippen MR) is 196 cm³/mol. The van der Waals surface area contributed by atoms with E-state index in [0.29, 0.717) is 0 Å². The third-order valence-electron chi connectivity index (χ3n) is 11.0. The zero-order valence-electron chi connectivity index (χ0n) is 26.2. The van der Waals surface area contributed by atoms with Crippen molar-refractivity contribution in [3.8, 4) is 33.8 Å². The Morgan fingerprint density at radius 2 is 1.17 bits per heavy atom. The van der Waals surface area contributed by atoms with Crippen molar-refractivity contribution < 1.29 is 4.74 Å². The molecule has 1 aromatic heterocycles. The van der Waals surface area contributed by atoms with Gasteiger partial charge >= 0.3 is 0 Å². The highest BCUT2D eigenvalue weighted by Gasteiger charge is 2.44. The summed E-state index contributed by atoms with van der Waals surface area (Å²) >= 11 is 0. The summed E-state index contributed by atoms with van der Waals surface area (Å²) < 4.78 is 7.26. The maximum atomic E-state index is 7.26. The van der Waals surface area contributed by atoms with Gasteiger partial charge in [0.2, 0.25) is 0 Å². The molecule has 0 unspecified atom stereocenters. The summed E-state index contributed by atoms with van der Waals surface area (Å²) in [4.78, 5) is 4.69. The smallest absolute Gasteiger partial charge is 0.143 e. The summed E-state index contributed by atoms with van der Waals surface area (Å²) in [5, 5.41) is 9.45. The molecule has 8 aromatic rings. The van der Waals surface area contributed by atoms with E-state index in [4.69, 9.17) is 4.74 Å². The van der Waals surface area contributed by atoms with E-state index < -0.39 is 0 Å². The topological polar surface area (TPSA) is 22.1 Å². The Kier molecular flexibility index (Phi) is 5.84. The third-order valence-corrected chi connectivity index (χ3v) is 11.0. The Labute approximate surface area is 274 Å². The standard InChI is InChI=1S/C45H33NO/c1-10-24-45(25-11-1)39-20-9-8-19-36(39)43-40(45)21-12-22-41(43)47-44-34-18-7-6-17-33(34)42(38-28-46-26-23-35(38)44)37-27-29-13-2-3-14-30(29)31-15-4-5-16-32(31)37/h2-9,12-23,26-28H,1,10-11,24-25H2. The quantitative estimate of drug-likeness (QED) is 0.148. The van der Waals surface area contributed by atoms with Crippen LogP contribution in [-0.2, 0) is 5.41 Å². The second kappa shape index (κ2) is 10.3. The lowest BCUT2D eigenvalue weighted by Crippen LogP contribution is -2.27. The lowest BCUT2D eigenvalue weighted by Gasteiger charge is -2.35. The van der Waals surface area contributed by atoms with Crippen LogP contribution in [0.1, 0.15) is 43.2 Å². The number of nitrogens with zero attached hydrogens (tertiary/aromatic N) is 1. The van der Waals surface area contributed by atoms with E-state index in [1.165, 1.54) is 92.4 Å². The molecule has 2 heteroatoms. The van der Waals surface area contributed by atoms with Crippen LogP contribution in [0.3, 0.4) is 0 Å². The van der Waals surface area contributed by atoms with E-state index in [-0.39, 0.29) is 5.41 Å². The maximum absolute atomic E-state index is 7.26. The van der Waals surface area contributed by atoms with Gasteiger partial charge in [-0.05, 0) is 85.8 Å². The minimum Gasteiger partial charge on any atom is -0.455 e. The molecule has 2 aliphatic carbocycles. The molecule has 1 saturated carbocycles. The Balaban J connectivity index is 1.25. The normalized spacial score (nSPS) is 15.0. The fourth-order valence-electron chi connectivity index (χ4n) is 9.00. The van der Waals surface area contributed by atoms with Crippen LogP contribution in [0.15, 0.2) is 140 Å². The number of rotatable bonds is 3. The molecular weight excluding hydrogens is 571 g/mol. The predicted octanol–water partition coefficient (Wildman–Crippen LogP) is 12.4. The molecule has 0 amide bonds. The summed E-state index contributed by atoms with van der Waals surface area (Å²) in [5.41, 5.74) is 8.00. The second-order valence-corrected chi connectivity index (χ2v) is 13.3. The van der Waals surface area contributed by atoms with Crippen LogP contribution in [0, 0.1) is 0 Å². The van der Waals surface area contributed by atoms with Gasteiger partial charge < -0.3 is 4.74 Å². The molecule has 47 heavy (non-hydrogen) atoms. The van der Waals surface area contributed by atoms with E-state index in [0.717, 1.165) is 27.7 Å². The summed E-state index contributed by atoms with van der Waals surface area (Å²) in [6.45, 7) is 0. The highest BCUT2D eigenvalue weighted by molar-refractivity contribution is 6.23. The number of pyridine rings is 1. The fraction of sp³-hybridized carbons (Fsp3) is 0.133. The third kappa shape index (κ3) is 3.82. The van der Waals surface area contributed by atoms with Crippen molar-refractivity contribution in [3.05, 3.63) is 151 Å². The monoisotopic (exact) mass is 603 g/mol. The van der Waals surface area contributed by atoms with E-state index in [9.17, 15) is 0 Å². The first-order valence-electron chi connectivity index (χ1n) is 16.9. The van der Waals surface area contributed by atoms with Crippen molar-refractivity contribution in [3.63, 3.8) is 0 Å². The van der Waals surface area contributed by atoms with Gasteiger partial charge in [0.15, 0.2) is 0 Å². The molecule has 1 fully saturated rings. The van der Waals surface area contributed by atoms with E-state index in [2.05, 4.69) is 132 Å². The Bertz CT molecular complexity index is 2480. The summed E-state index contributed by atoms with van der Waals surface area (Å²) in [5.74, 6) is 1.83. The minimum atomic E-state index is 0.0819. The molecule has 0 bridgehead atoms. The fourth-order valence-corrected chi connectivity index (χ4v) is 9.00. The van der Waals surface area contributed by atoms with Gasteiger partial charge in [0.1, 0.15) is 11.5 Å². The van der Waals surface area contributed by atoms with Crippen molar-refractivity contribution in [2.45, 2.75) is 37.5 Å². The zero-order valence-corrected chi connectivity index (χ0v) is 26.2. The summed E-state index contributed by atoms with van der Waals surface area (Å²) in [6, 6.07) is 46.5. The lowest BCUT2D eigenvalue weighted by atomic mass is 9.68. The van der Waals surface area contributed by atoms with Crippen molar-refractivity contribution in [1.82, 2.24) is 4.98 Å². The molecular formula is C45H33NO. The van der Waals surface area contributed by atoms with Crippen LogP contribution in [-0.4, -0.2) is 4.98 Å². The average Bonchev–Trinajstić information content (AvgIpc) is 3.41. The Hall–Kier alpha value is -5.47. The van der Waals surface area contributed by atoms with Crippen LogP contribution in [0.2, 0.25) is 0 Å². The molecule has 0 aliphatic heterocycles. The molecule has 0 saturated heterocycles. The largest absolute Gasteiger partial charge is 0.455 e. The highest BCUT2D eigenvalue weighted by Crippen LogP contribution is 2.59. The number of hydrogen-bond donors (Lipinski definition) is 0. The molecule has 2 aliphatic rings. The molecule has 7 aromatic carbocycles. The minimum absolute atomic E-state index is 0.0819. The van der Waals surface area contributed by atoms with Gasteiger partial charge in [-0.15, -0.1) is 0 Å². The first-order valence-corrected chi connectivity index (χ1v) is 16.9. The van der Waals surface area contributed by atoms with Crippen LogP contribution in [0.25, 0.3) is 65.3 Å². The number of aromatic nitrogens is 1. The maximum Gasteiger partial charge on any atom is 0.143 e. The van der Waals surface area contributed by atoms with Crippen LogP contribution in [0.4, 0.5) is 0 Å². The Morgan fingerprint density at radius 3 is 2.04 bits per heavy atom. The molecule has 2 nitrogen and oxygen atoms in total.